The molecule has 0 saturated heterocycles. The summed E-state index contributed by atoms with van der Waals surface area (Å²) >= 11 is 0. The number of ether oxygens (including phenoxy) is 1. The first-order valence-corrected chi connectivity index (χ1v) is 10.5. The molecular weight excluding hydrogens is 334 g/mol. The average molecular weight is 366 g/mol. The zero-order chi connectivity index (χ0) is 19.1. The molecular formula is C24H31NO2. The Morgan fingerprint density at radius 3 is 2.19 bits per heavy atom. The molecule has 0 aromatic heterocycles. The van der Waals surface area contributed by atoms with Crippen LogP contribution < -0.4 is 0 Å². The molecule has 3 heteroatoms. The fourth-order valence-electron chi connectivity index (χ4n) is 4.90. The molecule has 0 unspecified atom stereocenters. The first kappa shape index (κ1) is 19.7. The van der Waals surface area contributed by atoms with Crippen LogP contribution in [0.15, 0.2) is 36.9 Å². The number of hydrogen-bond acceptors (Lipinski definition) is 3. The van der Waals surface area contributed by atoms with Crippen molar-refractivity contribution in [2.75, 3.05) is 0 Å². The molecule has 0 bridgehead atoms. The molecule has 144 valence electrons. The molecule has 0 N–H and O–H groups in total. The number of nitrogens with zero attached hydrogens (tertiary/aromatic N) is 1. The highest BCUT2D eigenvalue weighted by molar-refractivity contribution is 5.69. The molecule has 27 heavy (non-hydrogen) atoms. The smallest absolute Gasteiger partial charge is 0.306 e. The molecule has 0 atom stereocenters. The Balaban J connectivity index is 1.41. The number of benzene rings is 1. The van der Waals surface area contributed by atoms with Crippen LogP contribution in [0.4, 0.5) is 0 Å². The van der Waals surface area contributed by atoms with Gasteiger partial charge in [-0.15, -0.1) is 6.58 Å². The minimum absolute atomic E-state index is 0.0683. The second-order valence-electron chi connectivity index (χ2n) is 8.20. The third-order valence-electron chi connectivity index (χ3n) is 6.52. The Morgan fingerprint density at radius 1 is 1.04 bits per heavy atom. The number of carbonyl (C=O) groups is 1. The van der Waals surface area contributed by atoms with Crippen molar-refractivity contribution in [3.05, 3.63) is 48.0 Å². The normalized spacial score (nSPS) is 28.1. The first-order chi connectivity index (χ1) is 13.2. The Labute approximate surface area is 163 Å². The lowest BCUT2D eigenvalue weighted by Gasteiger charge is -2.37. The van der Waals surface area contributed by atoms with Crippen LogP contribution in [0.1, 0.15) is 81.3 Å². The Morgan fingerprint density at radius 2 is 1.63 bits per heavy atom. The summed E-state index contributed by atoms with van der Waals surface area (Å²) in [7, 11) is 0. The predicted molar refractivity (Wildman–Crippen MR) is 107 cm³/mol. The molecule has 2 fully saturated rings. The summed E-state index contributed by atoms with van der Waals surface area (Å²) in [5.41, 5.74) is 2.14. The van der Waals surface area contributed by atoms with Gasteiger partial charge in [-0.25, -0.2) is 0 Å². The quantitative estimate of drug-likeness (QED) is 0.466. The lowest BCUT2D eigenvalue weighted by atomic mass is 9.69. The highest BCUT2D eigenvalue weighted by Crippen LogP contribution is 2.43. The molecule has 2 aliphatic rings. The third kappa shape index (κ3) is 5.45. The van der Waals surface area contributed by atoms with E-state index in [9.17, 15) is 4.79 Å². The molecule has 0 aliphatic heterocycles. The van der Waals surface area contributed by atoms with E-state index >= 15 is 0 Å². The topological polar surface area (TPSA) is 50.1 Å². The van der Waals surface area contributed by atoms with Gasteiger partial charge in [-0.3, -0.25) is 4.79 Å². The van der Waals surface area contributed by atoms with Crippen LogP contribution in [0.5, 0.6) is 0 Å². The molecule has 0 radical (unpaired) electrons. The van der Waals surface area contributed by atoms with Crippen LogP contribution in [0.2, 0.25) is 0 Å². The fraction of sp³-hybridized carbons (Fsp3) is 0.583. The van der Waals surface area contributed by atoms with Gasteiger partial charge in [0.05, 0.1) is 11.6 Å². The zero-order valence-corrected chi connectivity index (χ0v) is 16.2. The van der Waals surface area contributed by atoms with Crippen LogP contribution in [0.25, 0.3) is 0 Å². The molecule has 0 amide bonds. The Hall–Kier alpha value is -2.08. The highest BCUT2D eigenvalue weighted by Gasteiger charge is 2.32. The van der Waals surface area contributed by atoms with E-state index in [1.807, 2.05) is 12.1 Å². The number of esters is 1. The maximum atomic E-state index is 11.8. The summed E-state index contributed by atoms with van der Waals surface area (Å²) in [5, 5.41) is 8.94. The summed E-state index contributed by atoms with van der Waals surface area (Å²) in [6.07, 6.45) is 12.6. The van der Waals surface area contributed by atoms with E-state index in [1.54, 1.807) is 6.08 Å². The van der Waals surface area contributed by atoms with Gasteiger partial charge >= 0.3 is 5.97 Å². The number of rotatable bonds is 6. The zero-order valence-electron chi connectivity index (χ0n) is 16.2. The number of allylic oxidation sites excluding steroid dienone is 1. The van der Waals surface area contributed by atoms with Gasteiger partial charge in [-0.2, -0.15) is 5.26 Å². The van der Waals surface area contributed by atoms with Crippen molar-refractivity contribution in [3.8, 4) is 6.07 Å². The molecule has 2 aliphatic carbocycles. The second kappa shape index (κ2) is 9.74. The summed E-state index contributed by atoms with van der Waals surface area (Å²) in [6, 6.07) is 10.4. The van der Waals surface area contributed by atoms with Crippen LogP contribution in [0.3, 0.4) is 0 Å². The monoisotopic (exact) mass is 365 g/mol. The van der Waals surface area contributed by atoms with E-state index < -0.39 is 0 Å². The van der Waals surface area contributed by atoms with E-state index in [-0.39, 0.29) is 12.1 Å². The summed E-state index contributed by atoms with van der Waals surface area (Å²) < 4.78 is 5.61. The molecule has 2 saturated carbocycles. The Kier molecular flexibility index (Phi) is 7.10. The van der Waals surface area contributed by atoms with E-state index in [1.165, 1.54) is 44.1 Å². The standard InChI is InChI=1S/C24H31NO2/c1-2-3-4-24(26)27-23-15-13-22(14-16-23)21-11-9-20(10-12-21)19-7-5-18(17-25)6-8-19/h2,5-8,20-23H,1,3-4,9-16H2/t20-,21-,22?,23?. The first-order valence-electron chi connectivity index (χ1n) is 10.5. The van der Waals surface area contributed by atoms with E-state index in [0.29, 0.717) is 18.8 Å². The molecule has 0 heterocycles. The molecule has 3 nitrogen and oxygen atoms in total. The minimum Gasteiger partial charge on any atom is -0.462 e. The number of hydrogen-bond donors (Lipinski definition) is 0. The van der Waals surface area contributed by atoms with E-state index in [4.69, 9.17) is 10.00 Å². The maximum absolute atomic E-state index is 11.8. The maximum Gasteiger partial charge on any atom is 0.306 e. The van der Waals surface area contributed by atoms with Gasteiger partial charge in [0.2, 0.25) is 0 Å². The fourth-order valence-corrected chi connectivity index (χ4v) is 4.90. The van der Waals surface area contributed by atoms with E-state index in [0.717, 1.165) is 30.2 Å². The lowest BCUT2D eigenvalue weighted by Crippen LogP contribution is -2.29. The van der Waals surface area contributed by atoms with Gasteiger partial charge in [-0.1, -0.05) is 18.2 Å². The van der Waals surface area contributed by atoms with Crippen molar-refractivity contribution in [3.63, 3.8) is 0 Å². The van der Waals surface area contributed by atoms with Crippen molar-refractivity contribution in [2.24, 2.45) is 11.8 Å². The van der Waals surface area contributed by atoms with Crippen molar-refractivity contribution in [1.82, 2.24) is 0 Å². The second-order valence-corrected chi connectivity index (χ2v) is 8.20. The van der Waals surface area contributed by atoms with Crippen molar-refractivity contribution >= 4 is 5.97 Å². The van der Waals surface area contributed by atoms with Crippen LogP contribution >= 0.6 is 0 Å². The van der Waals surface area contributed by atoms with Gasteiger partial charge in [0.1, 0.15) is 6.10 Å². The van der Waals surface area contributed by atoms with Crippen LogP contribution in [-0.4, -0.2) is 12.1 Å². The lowest BCUT2D eigenvalue weighted by molar-refractivity contribution is -0.151. The minimum atomic E-state index is -0.0683. The van der Waals surface area contributed by atoms with Crippen molar-refractivity contribution in [1.29, 1.82) is 5.26 Å². The average Bonchev–Trinajstić information content (AvgIpc) is 2.73. The summed E-state index contributed by atoms with van der Waals surface area (Å²) in [6.45, 7) is 3.65. The largest absolute Gasteiger partial charge is 0.462 e. The molecule has 3 rings (SSSR count). The summed E-state index contributed by atoms with van der Waals surface area (Å²) in [5.74, 6) is 2.21. The molecule has 1 aromatic rings. The summed E-state index contributed by atoms with van der Waals surface area (Å²) in [4.78, 5) is 11.8. The van der Waals surface area contributed by atoms with E-state index in [2.05, 4.69) is 24.8 Å². The van der Waals surface area contributed by atoms with Gasteiger partial charge in [0, 0.05) is 6.42 Å². The van der Waals surface area contributed by atoms with Crippen molar-refractivity contribution in [2.45, 2.75) is 76.2 Å². The highest BCUT2D eigenvalue weighted by atomic mass is 16.5. The predicted octanol–water partition coefficient (Wildman–Crippen LogP) is 5.90. The van der Waals surface area contributed by atoms with Gasteiger partial charge < -0.3 is 4.74 Å². The SMILES string of the molecule is C=CCCC(=O)OC1CCC([C@H]2CC[C@H](c3ccc(C#N)cc3)CC2)CC1. The third-order valence-corrected chi connectivity index (χ3v) is 6.52. The van der Waals surface area contributed by atoms with Gasteiger partial charge in [-0.05, 0) is 93.2 Å². The Bertz CT molecular complexity index is 657. The molecule has 0 spiro atoms. The van der Waals surface area contributed by atoms with Crippen molar-refractivity contribution < 1.29 is 9.53 Å². The number of nitriles is 1. The van der Waals surface area contributed by atoms with Gasteiger partial charge in [0.25, 0.3) is 0 Å². The van der Waals surface area contributed by atoms with Gasteiger partial charge in [0.15, 0.2) is 0 Å². The molecule has 1 aromatic carbocycles. The van der Waals surface area contributed by atoms with Crippen LogP contribution in [0, 0.1) is 23.2 Å². The number of carbonyl (C=O) groups excluding carboxylic acids is 1. The van der Waals surface area contributed by atoms with Crippen LogP contribution in [-0.2, 0) is 9.53 Å².